The van der Waals surface area contributed by atoms with E-state index in [0.717, 1.165) is 18.7 Å². The minimum atomic E-state index is -0.446. The molecule has 2 fully saturated rings. The number of aliphatic hydroxyl groups excluding tert-OH is 1. The van der Waals surface area contributed by atoms with Crippen molar-refractivity contribution in [2.75, 3.05) is 6.54 Å². The molecule has 5 nitrogen and oxygen atoms in total. The van der Waals surface area contributed by atoms with Crippen LogP contribution in [0.1, 0.15) is 53.4 Å². The number of rotatable bonds is 5. The first-order chi connectivity index (χ1) is 13.3. The SMILES string of the molecule is O[C@@H]1CN(Cc2cccs2)[C@@H](c2ccccc2)C[C@H]1n1cc(C2CC2)nn1. The first-order valence-electron chi connectivity index (χ1n) is 9.69. The van der Waals surface area contributed by atoms with Crippen molar-refractivity contribution in [3.63, 3.8) is 0 Å². The van der Waals surface area contributed by atoms with Gasteiger partial charge in [-0.05, 0) is 36.3 Å². The normalized spacial score (nSPS) is 26.3. The molecule has 1 saturated carbocycles. The number of thiophene rings is 1. The van der Waals surface area contributed by atoms with E-state index in [1.54, 1.807) is 11.3 Å². The number of hydrogen-bond donors (Lipinski definition) is 1. The molecule has 1 saturated heterocycles. The Bertz CT molecular complexity index is 875. The van der Waals surface area contributed by atoms with Gasteiger partial charge in [0.25, 0.3) is 0 Å². The van der Waals surface area contributed by atoms with Gasteiger partial charge in [-0.15, -0.1) is 16.4 Å². The Balaban J connectivity index is 1.42. The predicted molar refractivity (Wildman–Crippen MR) is 106 cm³/mol. The second-order valence-corrected chi connectivity index (χ2v) is 8.74. The fourth-order valence-corrected chi connectivity index (χ4v) is 4.86. The third kappa shape index (κ3) is 3.57. The van der Waals surface area contributed by atoms with Gasteiger partial charge in [0.15, 0.2) is 0 Å². The second kappa shape index (κ2) is 7.19. The topological polar surface area (TPSA) is 54.2 Å². The van der Waals surface area contributed by atoms with Crippen molar-refractivity contribution in [1.82, 2.24) is 19.9 Å². The van der Waals surface area contributed by atoms with E-state index in [-0.39, 0.29) is 12.1 Å². The van der Waals surface area contributed by atoms with Crippen LogP contribution in [0.4, 0.5) is 0 Å². The maximum atomic E-state index is 10.9. The Morgan fingerprint density at radius 3 is 2.70 bits per heavy atom. The fourth-order valence-electron chi connectivity index (χ4n) is 4.13. The molecule has 1 aliphatic heterocycles. The molecule has 3 aromatic rings. The van der Waals surface area contributed by atoms with Gasteiger partial charge in [0.1, 0.15) is 0 Å². The smallest absolute Gasteiger partial charge is 0.0892 e. The first-order valence-corrected chi connectivity index (χ1v) is 10.6. The lowest BCUT2D eigenvalue weighted by atomic mass is 9.90. The zero-order chi connectivity index (χ0) is 18.2. The maximum Gasteiger partial charge on any atom is 0.0892 e. The zero-order valence-corrected chi connectivity index (χ0v) is 16.0. The molecule has 1 N–H and O–H groups in total. The average Bonchev–Trinajstić information content (AvgIpc) is 3.20. The quantitative estimate of drug-likeness (QED) is 0.732. The Hall–Kier alpha value is -2.02. The summed E-state index contributed by atoms with van der Waals surface area (Å²) in [6, 6.07) is 15.1. The molecule has 2 aliphatic rings. The van der Waals surface area contributed by atoms with Crippen LogP contribution in [-0.4, -0.2) is 37.6 Å². The minimum Gasteiger partial charge on any atom is -0.390 e. The van der Waals surface area contributed by atoms with Gasteiger partial charge in [0, 0.05) is 36.1 Å². The summed E-state index contributed by atoms with van der Waals surface area (Å²) in [4.78, 5) is 3.74. The Kier molecular flexibility index (Phi) is 4.55. The summed E-state index contributed by atoms with van der Waals surface area (Å²) in [5, 5.41) is 21.8. The van der Waals surface area contributed by atoms with Crippen molar-refractivity contribution < 1.29 is 5.11 Å². The van der Waals surface area contributed by atoms with E-state index in [0.29, 0.717) is 12.5 Å². The van der Waals surface area contributed by atoms with Crippen molar-refractivity contribution in [2.45, 2.75) is 49.9 Å². The van der Waals surface area contributed by atoms with Crippen LogP contribution in [0.3, 0.4) is 0 Å². The number of aliphatic hydroxyl groups is 1. The van der Waals surface area contributed by atoms with Gasteiger partial charge in [-0.2, -0.15) is 0 Å². The predicted octanol–water partition coefficient (Wildman–Crippen LogP) is 3.77. The number of aromatic nitrogens is 3. The van der Waals surface area contributed by atoms with Crippen molar-refractivity contribution in [3.8, 4) is 0 Å². The van der Waals surface area contributed by atoms with Gasteiger partial charge < -0.3 is 5.11 Å². The number of piperidine rings is 1. The highest BCUT2D eigenvalue weighted by Gasteiger charge is 2.38. The molecule has 2 aromatic heterocycles. The van der Waals surface area contributed by atoms with Gasteiger partial charge in [-0.1, -0.05) is 41.6 Å². The number of benzene rings is 1. The second-order valence-electron chi connectivity index (χ2n) is 7.70. The number of nitrogens with zero attached hydrogens (tertiary/aromatic N) is 4. The van der Waals surface area contributed by atoms with Gasteiger partial charge in [-0.25, -0.2) is 4.68 Å². The van der Waals surface area contributed by atoms with Crippen molar-refractivity contribution in [3.05, 3.63) is 70.2 Å². The molecule has 3 heterocycles. The standard InChI is InChI=1S/C21H24N4OS/c26-21-14-24(12-17-7-4-10-27-17)19(16-5-2-1-3-6-16)11-20(21)25-13-18(22-23-25)15-8-9-15/h1-7,10,13,15,19-21,26H,8-9,11-12,14H2/t19-,20-,21-/m1/s1. The summed E-state index contributed by atoms with van der Waals surface area (Å²) in [6.45, 7) is 1.51. The lowest BCUT2D eigenvalue weighted by molar-refractivity contribution is -0.0131. The highest BCUT2D eigenvalue weighted by atomic mass is 32.1. The summed E-state index contributed by atoms with van der Waals surface area (Å²) in [7, 11) is 0. The zero-order valence-electron chi connectivity index (χ0n) is 15.2. The Morgan fingerprint density at radius 1 is 1.11 bits per heavy atom. The van der Waals surface area contributed by atoms with Gasteiger partial charge in [-0.3, -0.25) is 4.90 Å². The number of likely N-dealkylation sites (tertiary alicyclic amines) is 1. The van der Waals surface area contributed by atoms with Crippen molar-refractivity contribution >= 4 is 11.3 Å². The Labute approximate surface area is 163 Å². The van der Waals surface area contributed by atoms with E-state index < -0.39 is 6.10 Å². The lowest BCUT2D eigenvalue weighted by Gasteiger charge is -2.42. The van der Waals surface area contributed by atoms with Crippen LogP contribution in [-0.2, 0) is 6.54 Å². The molecule has 140 valence electrons. The van der Waals surface area contributed by atoms with Crippen LogP contribution in [0.15, 0.2) is 54.0 Å². The monoisotopic (exact) mass is 380 g/mol. The molecule has 1 aromatic carbocycles. The van der Waals surface area contributed by atoms with Crippen LogP contribution in [0, 0.1) is 0 Å². The van der Waals surface area contributed by atoms with Gasteiger partial charge in [0.05, 0.1) is 17.8 Å². The van der Waals surface area contributed by atoms with Crippen LogP contribution in [0.25, 0.3) is 0 Å². The molecule has 0 bridgehead atoms. The van der Waals surface area contributed by atoms with E-state index in [1.807, 2.05) is 4.68 Å². The minimum absolute atomic E-state index is 0.0326. The van der Waals surface area contributed by atoms with Crippen LogP contribution in [0.5, 0.6) is 0 Å². The first kappa shape index (κ1) is 17.1. The molecule has 0 amide bonds. The highest BCUT2D eigenvalue weighted by Crippen LogP contribution is 2.41. The largest absolute Gasteiger partial charge is 0.390 e. The molecule has 6 heteroatoms. The van der Waals surface area contributed by atoms with Crippen molar-refractivity contribution in [2.24, 2.45) is 0 Å². The molecule has 0 radical (unpaired) electrons. The number of hydrogen-bond acceptors (Lipinski definition) is 5. The summed E-state index contributed by atoms with van der Waals surface area (Å²) < 4.78 is 1.91. The lowest BCUT2D eigenvalue weighted by Crippen LogP contribution is -2.46. The number of β-amino-alcohol motifs (C(OH)–C–C–N with tert-alkyl or cyclic N) is 1. The maximum absolute atomic E-state index is 10.9. The molecular formula is C21H24N4OS. The molecule has 0 unspecified atom stereocenters. The van der Waals surface area contributed by atoms with E-state index in [1.165, 1.54) is 23.3 Å². The summed E-state index contributed by atoms with van der Waals surface area (Å²) in [6.07, 6.45) is 4.88. The molecular weight excluding hydrogens is 356 g/mol. The average molecular weight is 381 g/mol. The van der Waals surface area contributed by atoms with E-state index in [9.17, 15) is 5.11 Å². The molecule has 1 aliphatic carbocycles. The van der Waals surface area contributed by atoms with Crippen LogP contribution < -0.4 is 0 Å². The molecule has 0 spiro atoms. The van der Waals surface area contributed by atoms with Crippen LogP contribution >= 0.6 is 11.3 Å². The third-order valence-corrected chi connectivity index (χ3v) is 6.62. The van der Waals surface area contributed by atoms with E-state index in [2.05, 4.69) is 69.3 Å². The van der Waals surface area contributed by atoms with E-state index in [4.69, 9.17) is 0 Å². The van der Waals surface area contributed by atoms with Gasteiger partial charge in [0.2, 0.25) is 0 Å². The van der Waals surface area contributed by atoms with E-state index >= 15 is 0 Å². The van der Waals surface area contributed by atoms with Crippen LogP contribution in [0.2, 0.25) is 0 Å². The highest BCUT2D eigenvalue weighted by molar-refractivity contribution is 7.09. The molecule has 3 atom stereocenters. The fraction of sp³-hybridized carbons (Fsp3) is 0.429. The molecule has 27 heavy (non-hydrogen) atoms. The summed E-state index contributed by atoms with van der Waals surface area (Å²) in [5.74, 6) is 0.583. The summed E-state index contributed by atoms with van der Waals surface area (Å²) in [5.41, 5.74) is 2.38. The van der Waals surface area contributed by atoms with Crippen molar-refractivity contribution in [1.29, 1.82) is 0 Å². The molecule has 5 rings (SSSR count). The third-order valence-electron chi connectivity index (χ3n) is 5.76. The van der Waals surface area contributed by atoms with Gasteiger partial charge >= 0.3 is 0 Å². The Morgan fingerprint density at radius 2 is 1.96 bits per heavy atom. The summed E-state index contributed by atoms with van der Waals surface area (Å²) >= 11 is 1.77.